The lowest BCUT2D eigenvalue weighted by Gasteiger charge is -2.25. The van der Waals surface area contributed by atoms with E-state index in [4.69, 9.17) is 0 Å². The van der Waals surface area contributed by atoms with Crippen molar-refractivity contribution < 1.29 is 13.2 Å². The zero-order valence-electron chi connectivity index (χ0n) is 17.1. The van der Waals surface area contributed by atoms with E-state index in [1.54, 1.807) is 0 Å². The Bertz CT molecular complexity index is 895. The van der Waals surface area contributed by atoms with Crippen LogP contribution in [0.4, 0.5) is 5.69 Å². The minimum Gasteiger partial charge on any atom is -0.349 e. The predicted molar refractivity (Wildman–Crippen MR) is 115 cm³/mol. The van der Waals surface area contributed by atoms with Crippen molar-refractivity contribution in [3.05, 3.63) is 65.2 Å². The molecule has 0 aliphatic rings. The summed E-state index contributed by atoms with van der Waals surface area (Å²) in [5.41, 5.74) is 3.65. The number of anilines is 1. The average Bonchev–Trinajstić information content (AvgIpc) is 2.65. The first-order valence-corrected chi connectivity index (χ1v) is 11.5. The summed E-state index contributed by atoms with van der Waals surface area (Å²) in [5, 5.41) is 3.05. The number of carbonyl (C=O) groups is 1. The third-order valence-electron chi connectivity index (χ3n) is 4.74. The molecule has 0 fully saturated rings. The fraction of sp³-hybridized carbons (Fsp3) is 0.409. The maximum absolute atomic E-state index is 12.4. The predicted octanol–water partition coefficient (Wildman–Crippen LogP) is 4.12. The molecule has 0 heterocycles. The van der Waals surface area contributed by atoms with Crippen LogP contribution in [0.3, 0.4) is 0 Å². The summed E-state index contributed by atoms with van der Waals surface area (Å²) in [6.07, 6.45) is 2.74. The van der Waals surface area contributed by atoms with Crippen LogP contribution in [-0.2, 0) is 14.8 Å². The lowest BCUT2D eigenvalue weighted by Crippen LogP contribution is -2.33. The zero-order valence-corrected chi connectivity index (χ0v) is 17.9. The minimum absolute atomic E-state index is 0.0290. The Hall–Kier alpha value is -2.34. The van der Waals surface area contributed by atoms with Gasteiger partial charge in [0.2, 0.25) is 15.9 Å². The molecular weight excluding hydrogens is 372 g/mol. The minimum atomic E-state index is -3.42. The Balaban J connectivity index is 2.00. The second-order valence-corrected chi connectivity index (χ2v) is 9.07. The summed E-state index contributed by atoms with van der Waals surface area (Å²) in [7, 11) is -3.42. The Morgan fingerprint density at radius 3 is 2.39 bits per heavy atom. The van der Waals surface area contributed by atoms with Gasteiger partial charge in [-0.1, -0.05) is 49.4 Å². The van der Waals surface area contributed by atoms with Crippen molar-refractivity contribution in [2.75, 3.05) is 17.1 Å². The lowest BCUT2D eigenvalue weighted by molar-refractivity contribution is -0.121. The van der Waals surface area contributed by atoms with Crippen LogP contribution < -0.4 is 9.62 Å². The molecule has 2 aromatic rings. The summed E-state index contributed by atoms with van der Waals surface area (Å²) in [5.74, 6) is -0.0647. The highest BCUT2D eigenvalue weighted by molar-refractivity contribution is 7.92. The number of sulfonamides is 1. The topological polar surface area (TPSA) is 66.5 Å². The third kappa shape index (κ3) is 6.09. The van der Waals surface area contributed by atoms with Crippen LogP contribution in [0, 0.1) is 13.8 Å². The number of amides is 1. The van der Waals surface area contributed by atoms with E-state index in [9.17, 15) is 13.2 Å². The van der Waals surface area contributed by atoms with E-state index in [1.807, 2.05) is 69.3 Å². The fourth-order valence-electron chi connectivity index (χ4n) is 3.21. The number of rotatable bonds is 9. The van der Waals surface area contributed by atoms with Gasteiger partial charge in [0, 0.05) is 13.0 Å². The molecule has 2 aromatic carbocycles. The molecule has 2 rings (SSSR count). The van der Waals surface area contributed by atoms with E-state index in [0.29, 0.717) is 12.1 Å². The summed E-state index contributed by atoms with van der Waals surface area (Å²) < 4.78 is 26.0. The van der Waals surface area contributed by atoms with Gasteiger partial charge in [-0.2, -0.15) is 0 Å². The van der Waals surface area contributed by atoms with Gasteiger partial charge >= 0.3 is 0 Å². The van der Waals surface area contributed by atoms with E-state index >= 15 is 0 Å². The smallest absolute Gasteiger partial charge is 0.232 e. The Labute approximate surface area is 168 Å². The maximum Gasteiger partial charge on any atom is 0.232 e. The highest BCUT2D eigenvalue weighted by Crippen LogP contribution is 2.24. The van der Waals surface area contributed by atoms with Crippen LogP contribution in [0.15, 0.2) is 48.5 Å². The fourth-order valence-corrected chi connectivity index (χ4v) is 4.22. The summed E-state index contributed by atoms with van der Waals surface area (Å²) in [6, 6.07) is 15.6. The summed E-state index contributed by atoms with van der Waals surface area (Å²) >= 11 is 0. The Kier molecular flexibility index (Phi) is 7.63. The molecule has 1 amide bonds. The van der Waals surface area contributed by atoms with Gasteiger partial charge in [-0.05, 0) is 49.4 Å². The van der Waals surface area contributed by atoms with Gasteiger partial charge < -0.3 is 5.32 Å². The van der Waals surface area contributed by atoms with Gasteiger partial charge in [0.15, 0.2) is 0 Å². The van der Waals surface area contributed by atoms with Crippen molar-refractivity contribution in [2.45, 2.75) is 46.1 Å². The number of nitrogens with one attached hydrogen (secondary N) is 1. The molecule has 0 unspecified atom stereocenters. The first kappa shape index (κ1) is 22.0. The maximum atomic E-state index is 12.4. The third-order valence-corrected chi connectivity index (χ3v) is 5.92. The largest absolute Gasteiger partial charge is 0.349 e. The second-order valence-electron chi connectivity index (χ2n) is 7.17. The van der Waals surface area contributed by atoms with E-state index in [0.717, 1.165) is 23.1 Å². The van der Waals surface area contributed by atoms with Gasteiger partial charge in [0.05, 0.1) is 18.0 Å². The summed E-state index contributed by atoms with van der Waals surface area (Å²) in [4.78, 5) is 12.4. The number of hydrogen-bond donors (Lipinski definition) is 1. The van der Waals surface area contributed by atoms with Crippen LogP contribution in [-0.4, -0.2) is 27.1 Å². The highest BCUT2D eigenvalue weighted by Gasteiger charge is 2.20. The van der Waals surface area contributed by atoms with E-state index in [-0.39, 0.29) is 24.9 Å². The Morgan fingerprint density at radius 2 is 1.79 bits per heavy atom. The standard InChI is InChI=1S/C22H30N2O3S/c1-5-20(19-10-7-6-8-11-19)23-22(25)12-9-15-24(28(4,26)27)21-16-17(2)13-14-18(21)3/h6-8,10-11,13-14,16,20H,5,9,12,15H2,1-4H3,(H,23,25)/t20-/m0/s1. The lowest BCUT2D eigenvalue weighted by atomic mass is 10.0. The monoisotopic (exact) mass is 402 g/mol. The molecule has 1 N–H and O–H groups in total. The van der Waals surface area contributed by atoms with Crippen LogP contribution >= 0.6 is 0 Å². The molecule has 0 aliphatic heterocycles. The quantitative estimate of drug-likeness (QED) is 0.686. The number of hydrogen-bond acceptors (Lipinski definition) is 3. The van der Waals surface area contributed by atoms with Gasteiger partial charge in [0.25, 0.3) is 0 Å². The van der Waals surface area contributed by atoms with E-state index in [1.165, 1.54) is 10.6 Å². The van der Waals surface area contributed by atoms with Crippen LogP contribution in [0.2, 0.25) is 0 Å². The molecule has 5 nitrogen and oxygen atoms in total. The highest BCUT2D eigenvalue weighted by atomic mass is 32.2. The van der Waals surface area contributed by atoms with E-state index < -0.39 is 10.0 Å². The van der Waals surface area contributed by atoms with Crippen molar-refractivity contribution in [3.63, 3.8) is 0 Å². The van der Waals surface area contributed by atoms with Crippen molar-refractivity contribution >= 4 is 21.6 Å². The zero-order chi connectivity index (χ0) is 20.7. The van der Waals surface area contributed by atoms with Gasteiger partial charge in [-0.15, -0.1) is 0 Å². The van der Waals surface area contributed by atoms with Crippen molar-refractivity contribution in [1.82, 2.24) is 5.32 Å². The average molecular weight is 403 g/mol. The molecule has 152 valence electrons. The number of aryl methyl sites for hydroxylation is 2. The molecule has 0 bridgehead atoms. The SMILES string of the molecule is CC[C@H](NC(=O)CCCN(c1cc(C)ccc1C)S(C)(=O)=O)c1ccccc1. The number of carbonyl (C=O) groups excluding carboxylic acids is 1. The molecule has 1 atom stereocenters. The van der Waals surface area contributed by atoms with Crippen molar-refractivity contribution in [3.8, 4) is 0 Å². The Morgan fingerprint density at radius 1 is 1.11 bits per heavy atom. The van der Waals surface area contributed by atoms with Crippen molar-refractivity contribution in [1.29, 1.82) is 0 Å². The van der Waals surface area contributed by atoms with E-state index in [2.05, 4.69) is 5.32 Å². The molecule has 0 radical (unpaired) electrons. The van der Waals surface area contributed by atoms with Crippen LogP contribution in [0.5, 0.6) is 0 Å². The van der Waals surface area contributed by atoms with Crippen LogP contribution in [0.1, 0.15) is 48.9 Å². The molecule has 0 spiro atoms. The summed E-state index contributed by atoms with van der Waals surface area (Å²) in [6.45, 7) is 6.14. The van der Waals surface area contributed by atoms with Gasteiger partial charge in [0.1, 0.15) is 0 Å². The molecule has 0 aliphatic carbocycles. The van der Waals surface area contributed by atoms with Gasteiger partial charge in [-0.25, -0.2) is 8.42 Å². The molecule has 28 heavy (non-hydrogen) atoms. The molecular formula is C22H30N2O3S. The van der Waals surface area contributed by atoms with Gasteiger partial charge in [-0.3, -0.25) is 9.10 Å². The van der Waals surface area contributed by atoms with Crippen LogP contribution in [0.25, 0.3) is 0 Å². The normalized spacial score (nSPS) is 12.4. The molecule has 6 heteroatoms. The number of benzene rings is 2. The second kappa shape index (κ2) is 9.73. The molecule has 0 saturated carbocycles. The van der Waals surface area contributed by atoms with Crippen molar-refractivity contribution in [2.24, 2.45) is 0 Å². The molecule has 0 saturated heterocycles. The number of nitrogens with zero attached hydrogens (tertiary/aromatic N) is 1. The molecule has 0 aromatic heterocycles. The first-order chi connectivity index (χ1) is 13.2. The first-order valence-electron chi connectivity index (χ1n) is 9.61.